The van der Waals surface area contributed by atoms with Crippen LogP contribution in [0.3, 0.4) is 0 Å². The molecule has 1 aromatic rings. The zero-order valence-electron chi connectivity index (χ0n) is 25.0. The lowest BCUT2D eigenvalue weighted by molar-refractivity contribution is -0.153. The summed E-state index contributed by atoms with van der Waals surface area (Å²) in [5, 5.41) is 8.18. The molecular weight excluding hydrogens is 576 g/mol. The van der Waals surface area contributed by atoms with Crippen LogP contribution in [0, 0.1) is 5.92 Å². The Balaban J connectivity index is 2.28. The van der Waals surface area contributed by atoms with E-state index < -0.39 is 29.9 Å². The molecule has 230 valence electrons. The number of hydrogen-bond donors (Lipinski definition) is 3. The molecule has 42 heavy (non-hydrogen) atoms. The first kappa shape index (κ1) is 35.1. The average molecular weight is 619 g/mol. The summed E-state index contributed by atoms with van der Waals surface area (Å²) in [6, 6.07) is 2.26. The molecule has 3 N–H and O–H groups in total. The Bertz CT molecular complexity index is 1180. The normalized spacial score (nSPS) is 19.9. The van der Waals surface area contributed by atoms with Gasteiger partial charge in [-0.3, -0.25) is 19.2 Å². The maximum absolute atomic E-state index is 13.2. The predicted molar refractivity (Wildman–Crippen MR) is 166 cm³/mol. The van der Waals surface area contributed by atoms with Crippen LogP contribution in [0.25, 0.3) is 0 Å². The van der Waals surface area contributed by atoms with Gasteiger partial charge < -0.3 is 20.7 Å². The number of allylic oxidation sites excluding steroid dienone is 2. The van der Waals surface area contributed by atoms with Crippen molar-refractivity contribution in [2.75, 3.05) is 12.0 Å². The second kappa shape index (κ2) is 18.4. The minimum Gasteiger partial charge on any atom is -0.456 e. The molecular formula is C30H42N4O6S2. The number of carbonyl (C=O) groups excluding carboxylic acids is 5. The molecule has 1 aromatic heterocycles. The van der Waals surface area contributed by atoms with E-state index in [0.717, 1.165) is 24.2 Å². The van der Waals surface area contributed by atoms with E-state index in [9.17, 15) is 24.0 Å². The topological polar surface area (TPSA) is 144 Å². The van der Waals surface area contributed by atoms with E-state index in [-0.39, 0.29) is 41.3 Å². The Morgan fingerprint density at radius 3 is 2.60 bits per heavy atom. The van der Waals surface area contributed by atoms with Gasteiger partial charge in [0.15, 0.2) is 5.12 Å². The number of nitrogens with one attached hydrogen (secondary N) is 3. The van der Waals surface area contributed by atoms with Crippen LogP contribution in [0.1, 0.15) is 82.4 Å². The standard InChI is InChI=1S/C30H42N4O6S2/c1-6-8-9-13-26(36)42-16-11-10-12-20-17-25(35)31-18-23-24(41-5)15-14-22(32-23)29(38)33-21(7-2)28(37)34-27(19(3)4)30(39)40-20/h7,10,12,14-15,19-20,27H,6,8-9,11,13,16-18H2,1-5H3,(H,31,35)(H,33,38)(H,34,37)/b12-10+,21-7-/t20-,27+/m1/s1. The van der Waals surface area contributed by atoms with E-state index in [0.29, 0.717) is 24.3 Å². The molecule has 2 heterocycles. The number of cyclic esters (lactones) is 1. The summed E-state index contributed by atoms with van der Waals surface area (Å²) in [5.41, 5.74) is 0.541. The van der Waals surface area contributed by atoms with Crippen molar-refractivity contribution >= 4 is 52.3 Å². The second-order valence-electron chi connectivity index (χ2n) is 10.0. The minimum atomic E-state index is -1.03. The van der Waals surface area contributed by atoms with E-state index >= 15 is 0 Å². The number of unbranched alkanes of at least 4 members (excludes halogenated alkanes) is 2. The number of carbonyl (C=O) groups is 5. The smallest absolute Gasteiger partial charge is 0.329 e. The zero-order chi connectivity index (χ0) is 31.1. The van der Waals surface area contributed by atoms with Gasteiger partial charge in [-0.05, 0) is 50.1 Å². The fourth-order valence-corrected chi connectivity index (χ4v) is 5.31. The average Bonchev–Trinajstić information content (AvgIpc) is 2.96. The fourth-order valence-electron chi connectivity index (χ4n) is 3.98. The number of pyridine rings is 1. The van der Waals surface area contributed by atoms with Crippen molar-refractivity contribution in [2.45, 2.75) is 89.8 Å². The summed E-state index contributed by atoms with van der Waals surface area (Å²) in [7, 11) is 0. The number of esters is 1. The highest BCUT2D eigenvalue weighted by atomic mass is 32.2. The van der Waals surface area contributed by atoms with Gasteiger partial charge in [0.05, 0.1) is 18.7 Å². The van der Waals surface area contributed by atoms with Crippen LogP contribution in [0.5, 0.6) is 0 Å². The van der Waals surface area contributed by atoms with Crippen molar-refractivity contribution < 1.29 is 28.7 Å². The lowest BCUT2D eigenvalue weighted by Gasteiger charge is -2.24. The molecule has 0 unspecified atom stereocenters. The van der Waals surface area contributed by atoms with Gasteiger partial charge in [0.1, 0.15) is 23.5 Å². The van der Waals surface area contributed by atoms with Gasteiger partial charge in [-0.25, -0.2) is 9.78 Å². The second-order valence-corrected chi connectivity index (χ2v) is 12.0. The highest BCUT2D eigenvalue weighted by molar-refractivity contribution is 8.13. The molecule has 0 aromatic carbocycles. The highest BCUT2D eigenvalue weighted by Gasteiger charge is 2.30. The van der Waals surface area contributed by atoms with Crippen LogP contribution < -0.4 is 16.0 Å². The minimum absolute atomic E-state index is 0.0330. The number of rotatable bonds is 10. The number of ether oxygens (including phenoxy) is 1. The number of aromatic nitrogens is 1. The van der Waals surface area contributed by atoms with Crippen LogP contribution in [-0.4, -0.2) is 57.9 Å². The third-order valence-electron chi connectivity index (χ3n) is 6.36. The Morgan fingerprint density at radius 1 is 1.17 bits per heavy atom. The molecule has 0 saturated heterocycles. The first-order valence-electron chi connectivity index (χ1n) is 14.2. The van der Waals surface area contributed by atoms with Crippen LogP contribution in [0.15, 0.2) is 41.0 Å². The summed E-state index contributed by atoms with van der Waals surface area (Å²) in [5.74, 6) is -2.09. The molecule has 0 aliphatic carbocycles. The lowest BCUT2D eigenvalue weighted by atomic mass is 10.0. The highest BCUT2D eigenvalue weighted by Crippen LogP contribution is 2.20. The van der Waals surface area contributed by atoms with Gasteiger partial charge in [0, 0.05) is 17.1 Å². The van der Waals surface area contributed by atoms with Crippen molar-refractivity contribution in [1.82, 2.24) is 20.9 Å². The Labute approximate surface area is 256 Å². The summed E-state index contributed by atoms with van der Waals surface area (Å²) < 4.78 is 5.71. The maximum atomic E-state index is 13.2. The maximum Gasteiger partial charge on any atom is 0.329 e. The number of thioether (sulfide) groups is 2. The summed E-state index contributed by atoms with van der Waals surface area (Å²) in [6.45, 7) is 7.25. The van der Waals surface area contributed by atoms with Crippen LogP contribution in [0.4, 0.5) is 0 Å². The van der Waals surface area contributed by atoms with Gasteiger partial charge in [0.25, 0.3) is 11.8 Å². The largest absolute Gasteiger partial charge is 0.456 e. The van der Waals surface area contributed by atoms with Gasteiger partial charge in [-0.15, -0.1) is 11.8 Å². The molecule has 1 aliphatic rings. The number of fused-ring (bicyclic) bond motifs is 2. The van der Waals surface area contributed by atoms with Crippen molar-refractivity contribution in [3.05, 3.63) is 47.4 Å². The molecule has 1 aliphatic heterocycles. The quantitative estimate of drug-likeness (QED) is 0.115. The summed E-state index contributed by atoms with van der Waals surface area (Å²) in [6.07, 6.45) is 9.78. The monoisotopic (exact) mass is 618 g/mol. The van der Waals surface area contributed by atoms with Crippen LogP contribution >= 0.6 is 23.5 Å². The van der Waals surface area contributed by atoms with Gasteiger partial charge in [-0.1, -0.05) is 57.5 Å². The number of amides is 3. The third kappa shape index (κ3) is 11.6. The van der Waals surface area contributed by atoms with Crippen molar-refractivity contribution in [3.63, 3.8) is 0 Å². The van der Waals surface area contributed by atoms with Gasteiger partial charge >= 0.3 is 5.97 Å². The fraction of sp³-hybridized carbons (Fsp3) is 0.533. The summed E-state index contributed by atoms with van der Waals surface area (Å²) in [4.78, 5) is 69.3. The molecule has 0 spiro atoms. The van der Waals surface area contributed by atoms with Gasteiger partial charge in [0.2, 0.25) is 5.91 Å². The molecule has 10 nitrogen and oxygen atoms in total. The molecule has 2 rings (SSSR count). The SMILES string of the molecule is C/C=C1\NC(=O)c2ccc(SC)c(n2)CNC(=O)C[C@@H](/C=C/CCSC(=O)CCCCC)OC(=O)[C@H](C(C)C)NC1=O. The first-order chi connectivity index (χ1) is 20.1. The van der Waals surface area contributed by atoms with E-state index in [1.54, 1.807) is 45.1 Å². The van der Waals surface area contributed by atoms with Crippen molar-refractivity contribution in [2.24, 2.45) is 5.92 Å². The van der Waals surface area contributed by atoms with E-state index in [1.807, 2.05) is 6.26 Å². The van der Waals surface area contributed by atoms with Crippen LogP contribution in [0.2, 0.25) is 0 Å². The predicted octanol–water partition coefficient (Wildman–Crippen LogP) is 4.30. The van der Waals surface area contributed by atoms with Gasteiger partial charge in [-0.2, -0.15) is 0 Å². The first-order valence-corrected chi connectivity index (χ1v) is 16.4. The Morgan fingerprint density at radius 2 is 1.93 bits per heavy atom. The van der Waals surface area contributed by atoms with Crippen molar-refractivity contribution in [3.8, 4) is 0 Å². The van der Waals surface area contributed by atoms with Crippen LogP contribution in [-0.2, 0) is 30.5 Å². The molecule has 3 amide bonds. The van der Waals surface area contributed by atoms with E-state index in [4.69, 9.17) is 4.74 Å². The number of hydrogen-bond acceptors (Lipinski definition) is 9. The third-order valence-corrected chi connectivity index (χ3v) is 8.14. The molecule has 12 heteroatoms. The lowest BCUT2D eigenvalue weighted by Crippen LogP contribution is -2.48. The number of nitrogens with zero attached hydrogens (tertiary/aromatic N) is 1. The van der Waals surface area contributed by atoms with E-state index in [1.165, 1.54) is 29.6 Å². The molecule has 0 saturated carbocycles. The Hall–Kier alpha value is -3.12. The zero-order valence-corrected chi connectivity index (χ0v) is 26.6. The molecule has 2 atom stereocenters. The molecule has 0 radical (unpaired) electrons. The van der Waals surface area contributed by atoms with E-state index in [2.05, 4.69) is 27.9 Å². The molecule has 0 fully saturated rings. The van der Waals surface area contributed by atoms with Crippen molar-refractivity contribution in [1.29, 1.82) is 0 Å². The Kier molecular flexibility index (Phi) is 15.4. The molecule has 2 bridgehead atoms. The summed E-state index contributed by atoms with van der Waals surface area (Å²) >= 11 is 2.69.